The Morgan fingerprint density at radius 1 is 1.08 bits per heavy atom. The summed E-state index contributed by atoms with van der Waals surface area (Å²) in [7, 11) is 0. The van der Waals surface area contributed by atoms with Gasteiger partial charge in [-0.2, -0.15) is 0 Å². The van der Waals surface area contributed by atoms with Crippen molar-refractivity contribution in [2.45, 2.75) is 6.92 Å². The summed E-state index contributed by atoms with van der Waals surface area (Å²) in [6, 6.07) is 15.0. The number of carbonyl (C=O) groups excluding carboxylic acids is 1. The number of carbonyl (C=O) groups is 1. The third-order valence-corrected chi connectivity index (χ3v) is 4.23. The van der Waals surface area contributed by atoms with E-state index in [9.17, 15) is 9.59 Å². The van der Waals surface area contributed by atoms with Crippen molar-refractivity contribution in [3.8, 4) is 11.3 Å². The van der Waals surface area contributed by atoms with Gasteiger partial charge in [-0.25, -0.2) is 4.79 Å². The maximum Gasteiger partial charge on any atom is 0.365 e. The molecule has 1 amide bonds. The van der Waals surface area contributed by atoms with E-state index in [1.165, 1.54) is 4.90 Å². The van der Waals surface area contributed by atoms with E-state index in [2.05, 4.69) is 0 Å². The van der Waals surface area contributed by atoms with Gasteiger partial charge in [0.2, 0.25) is 0 Å². The molecular weight excluding hydrogens is 363 g/mol. The monoisotopic (exact) mass is 376 g/mol. The maximum absolute atomic E-state index is 12.8. The lowest BCUT2D eigenvalue weighted by atomic mass is 10.2. The Bertz CT molecular complexity index is 947. The van der Waals surface area contributed by atoms with Gasteiger partial charge in [-0.1, -0.05) is 58.3 Å². The first-order chi connectivity index (χ1) is 12.0. The molecule has 0 radical (unpaired) electrons. The van der Waals surface area contributed by atoms with Crippen molar-refractivity contribution in [1.82, 2.24) is 4.74 Å². The van der Waals surface area contributed by atoms with Crippen molar-refractivity contribution in [2.75, 3.05) is 11.4 Å². The topological polar surface area (TPSA) is 55.5 Å². The van der Waals surface area contributed by atoms with E-state index in [0.29, 0.717) is 27.6 Å². The van der Waals surface area contributed by atoms with Gasteiger partial charge in [0.1, 0.15) is 0 Å². The zero-order chi connectivity index (χ0) is 18.0. The molecule has 7 heteroatoms. The summed E-state index contributed by atoms with van der Waals surface area (Å²) < 4.78 is 6.15. The molecule has 0 aliphatic carbocycles. The predicted octanol–water partition coefficient (Wildman–Crippen LogP) is 4.91. The molecule has 0 spiro atoms. The van der Waals surface area contributed by atoms with Gasteiger partial charge >= 0.3 is 11.6 Å². The van der Waals surface area contributed by atoms with Gasteiger partial charge in [0.05, 0.1) is 0 Å². The normalized spacial score (nSPS) is 10.7. The number of rotatable bonds is 3. The Kier molecular flexibility index (Phi) is 4.97. The summed E-state index contributed by atoms with van der Waals surface area (Å²) in [4.78, 5) is 26.6. The number of aromatic nitrogens is 1. The molecule has 0 fully saturated rings. The van der Waals surface area contributed by atoms with Gasteiger partial charge in [0, 0.05) is 22.8 Å². The van der Waals surface area contributed by atoms with Crippen LogP contribution in [0, 0.1) is 0 Å². The molecule has 0 saturated carbocycles. The molecule has 0 N–H and O–H groups in total. The van der Waals surface area contributed by atoms with E-state index in [4.69, 9.17) is 27.7 Å². The Labute approximate surface area is 154 Å². The number of nitrogens with zero attached hydrogens (tertiary/aromatic N) is 2. The van der Waals surface area contributed by atoms with E-state index >= 15 is 0 Å². The van der Waals surface area contributed by atoms with Crippen LogP contribution in [0.1, 0.15) is 6.92 Å². The molecule has 0 bridgehead atoms. The van der Waals surface area contributed by atoms with Crippen LogP contribution < -0.4 is 10.5 Å². The van der Waals surface area contributed by atoms with Crippen LogP contribution >= 0.6 is 23.2 Å². The average molecular weight is 377 g/mol. The highest BCUT2D eigenvalue weighted by Crippen LogP contribution is 2.26. The van der Waals surface area contributed by atoms with Crippen LogP contribution in [0.25, 0.3) is 11.3 Å². The Hall–Kier alpha value is -2.50. The molecule has 0 aliphatic heterocycles. The number of hydrogen-bond acceptors (Lipinski definition) is 3. The van der Waals surface area contributed by atoms with Gasteiger partial charge in [-0.15, -0.1) is 0 Å². The number of halogens is 2. The highest BCUT2D eigenvalue weighted by atomic mass is 35.5. The molecule has 25 heavy (non-hydrogen) atoms. The standard InChI is InChI=1S/C18H14Cl2N2O3/c1-2-21(14-10-8-13(19)9-11-14)18(24)22-17(23)15(20)16(25-22)12-6-4-3-5-7-12/h3-11H,2H2,1H3. The van der Waals surface area contributed by atoms with Gasteiger partial charge in [-0.3, -0.25) is 9.69 Å². The summed E-state index contributed by atoms with van der Waals surface area (Å²) >= 11 is 12.0. The number of amides is 1. The first-order valence-corrected chi connectivity index (χ1v) is 8.33. The van der Waals surface area contributed by atoms with E-state index in [1.54, 1.807) is 55.5 Å². The quantitative estimate of drug-likeness (QED) is 0.652. The van der Waals surface area contributed by atoms with Gasteiger partial charge in [0.25, 0.3) is 0 Å². The highest BCUT2D eigenvalue weighted by molar-refractivity contribution is 6.32. The van der Waals surface area contributed by atoms with Gasteiger partial charge in [0.15, 0.2) is 10.8 Å². The Morgan fingerprint density at radius 2 is 1.72 bits per heavy atom. The molecule has 2 aromatic carbocycles. The van der Waals surface area contributed by atoms with Crippen molar-refractivity contribution in [1.29, 1.82) is 0 Å². The molecule has 1 heterocycles. The lowest BCUT2D eigenvalue weighted by Crippen LogP contribution is -2.38. The van der Waals surface area contributed by atoms with Crippen LogP contribution in [-0.2, 0) is 0 Å². The minimum absolute atomic E-state index is 0.133. The van der Waals surface area contributed by atoms with Crippen LogP contribution in [-0.4, -0.2) is 17.3 Å². The molecule has 5 nitrogen and oxygen atoms in total. The summed E-state index contributed by atoms with van der Waals surface area (Å²) in [6.07, 6.45) is 0. The average Bonchev–Trinajstić information content (AvgIpc) is 2.93. The molecule has 0 aliphatic rings. The van der Waals surface area contributed by atoms with Crippen LogP contribution in [0.15, 0.2) is 63.9 Å². The number of benzene rings is 2. The molecule has 0 saturated heterocycles. The van der Waals surface area contributed by atoms with Crippen molar-refractivity contribution in [3.63, 3.8) is 0 Å². The van der Waals surface area contributed by atoms with Crippen molar-refractivity contribution < 1.29 is 9.32 Å². The minimum Gasteiger partial charge on any atom is -0.365 e. The van der Waals surface area contributed by atoms with Gasteiger partial charge < -0.3 is 4.52 Å². The Morgan fingerprint density at radius 3 is 2.32 bits per heavy atom. The van der Waals surface area contributed by atoms with Crippen molar-refractivity contribution >= 4 is 34.9 Å². The lowest BCUT2D eigenvalue weighted by molar-refractivity contribution is 0.217. The van der Waals surface area contributed by atoms with Crippen LogP contribution in [0.5, 0.6) is 0 Å². The Balaban J connectivity index is 2.02. The molecule has 3 rings (SSSR count). The van der Waals surface area contributed by atoms with E-state index in [-0.39, 0.29) is 10.8 Å². The lowest BCUT2D eigenvalue weighted by Gasteiger charge is -2.19. The summed E-state index contributed by atoms with van der Waals surface area (Å²) in [5.41, 5.74) is 0.515. The summed E-state index contributed by atoms with van der Waals surface area (Å²) in [5, 5.41) is 0.420. The van der Waals surface area contributed by atoms with Gasteiger partial charge in [-0.05, 0) is 31.2 Å². The second kappa shape index (κ2) is 7.17. The number of anilines is 1. The first kappa shape index (κ1) is 17.3. The third kappa shape index (κ3) is 3.34. The molecule has 3 aromatic rings. The predicted molar refractivity (Wildman–Crippen MR) is 98.7 cm³/mol. The second-order valence-electron chi connectivity index (χ2n) is 5.20. The molecular formula is C18H14Cl2N2O3. The molecule has 1 aromatic heterocycles. The third-order valence-electron chi connectivity index (χ3n) is 3.65. The first-order valence-electron chi connectivity index (χ1n) is 7.57. The maximum atomic E-state index is 12.8. The molecule has 0 unspecified atom stereocenters. The fourth-order valence-corrected chi connectivity index (χ4v) is 2.76. The van der Waals surface area contributed by atoms with Crippen LogP contribution in [0.2, 0.25) is 10.0 Å². The fraction of sp³-hybridized carbons (Fsp3) is 0.111. The second-order valence-corrected chi connectivity index (χ2v) is 6.02. The van der Waals surface area contributed by atoms with Crippen molar-refractivity contribution in [2.24, 2.45) is 0 Å². The molecule has 128 valence electrons. The molecule has 0 atom stereocenters. The zero-order valence-electron chi connectivity index (χ0n) is 13.3. The van der Waals surface area contributed by atoms with E-state index in [0.717, 1.165) is 0 Å². The summed E-state index contributed by atoms with van der Waals surface area (Å²) in [6.45, 7) is 2.13. The SMILES string of the molecule is CCN(C(=O)n1oc(-c2ccccc2)c(Cl)c1=O)c1ccc(Cl)cc1. The number of hydrogen-bond donors (Lipinski definition) is 0. The largest absolute Gasteiger partial charge is 0.365 e. The van der Waals surface area contributed by atoms with Crippen LogP contribution in [0.3, 0.4) is 0 Å². The zero-order valence-corrected chi connectivity index (χ0v) is 14.8. The summed E-state index contributed by atoms with van der Waals surface area (Å²) in [5.74, 6) is 0.160. The minimum atomic E-state index is -0.696. The highest BCUT2D eigenvalue weighted by Gasteiger charge is 2.25. The van der Waals surface area contributed by atoms with Crippen LogP contribution in [0.4, 0.5) is 10.5 Å². The van der Waals surface area contributed by atoms with E-state index in [1.807, 2.05) is 6.07 Å². The van der Waals surface area contributed by atoms with Crippen molar-refractivity contribution in [3.05, 3.63) is 75.0 Å². The van der Waals surface area contributed by atoms with E-state index < -0.39 is 11.6 Å². The smallest absolute Gasteiger partial charge is 0.365 e. The fourth-order valence-electron chi connectivity index (χ4n) is 2.41.